The molecule has 1 aliphatic rings. The molecular weight excluding hydrogens is 318 g/mol. The van der Waals surface area contributed by atoms with Crippen molar-refractivity contribution in [3.05, 3.63) is 66.3 Å². The summed E-state index contributed by atoms with van der Waals surface area (Å²) in [5.74, 6) is 1.87. The fourth-order valence-electron chi connectivity index (χ4n) is 3.40. The molecule has 1 fully saturated rings. The summed E-state index contributed by atoms with van der Waals surface area (Å²) in [4.78, 5) is 14.9. The van der Waals surface area contributed by atoms with Crippen molar-refractivity contribution in [1.82, 2.24) is 14.7 Å². The van der Waals surface area contributed by atoms with E-state index in [2.05, 4.69) is 5.10 Å². The number of amides is 1. The highest BCUT2D eigenvalue weighted by Gasteiger charge is 2.30. The molecule has 1 amide bonds. The minimum absolute atomic E-state index is 0.0235. The highest BCUT2D eigenvalue weighted by molar-refractivity contribution is 5.91. The van der Waals surface area contributed by atoms with Gasteiger partial charge in [0.25, 0.3) is 5.91 Å². The lowest BCUT2D eigenvalue weighted by atomic mass is 10.1. The molecule has 1 atom stereocenters. The van der Waals surface area contributed by atoms with Crippen molar-refractivity contribution < 1.29 is 13.6 Å². The second-order valence-corrected chi connectivity index (χ2v) is 6.35. The van der Waals surface area contributed by atoms with Crippen molar-refractivity contribution >= 4 is 5.91 Å². The van der Waals surface area contributed by atoms with Gasteiger partial charge in [-0.25, -0.2) is 0 Å². The molecule has 3 aromatic rings. The number of hydrogen-bond donors (Lipinski definition) is 0. The molecule has 4 rings (SSSR count). The van der Waals surface area contributed by atoms with Crippen LogP contribution in [0.2, 0.25) is 0 Å². The Labute approximate surface area is 146 Å². The molecule has 3 aromatic heterocycles. The van der Waals surface area contributed by atoms with E-state index in [0.29, 0.717) is 12.3 Å². The summed E-state index contributed by atoms with van der Waals surface area (Å²) in [6, 6.07) is 9.25. The molecule has 0 radical (unpaired) electrons. The van der Waals surface area contributed by atoms with Gasteiger partial charge in [0.05, 0.1) is 18.8 Å². The van der Waals surface area contributed by atoms with E-state index in [1.54, 1.807) is 23.2 Å². The van der Waals surface area contributed by atoms with Gasteiger partial charge < -0.3 is 13.7 Å². The van der Waals surface area contributed by atoms with Gasteiger partial charge in [0.1, 0.15) is 11.5 Å². The van der Waals surface area contributed by atoms with Gasteiger partial charge in [0.2, 0.25) is 0 Å². The fraction of sp³-hybridized carbons (Fsp3) is 0.368. The molecule has 1 aliphatic heterocycles. The summed E-state index contributed by atoms with van der Waals surface area (Å²) in [5.41, 5.74) is 0. The van der Waals surface area contributed by atoms with Gasteiger partial charge in [-0.05, 0) is 43.2 Å². The minimum atomic E-state index is -0.0741. The monoisotopic (exact) mass is 339 g/mol. The average Bonchev–Trinajstić information content (AvgIpc) is 3.36. The van der Waals surface area contributed by atoms with Gasteiger partial charge in [-0.1, -0.05) is 12.8 Å². The molecule has 0 bridgehead atoms. The molecule has 130 valence electrons. The molecule has 4 heterocycles. The SMILES string of the molecule is O=C(c1ccc(Cn2cccn2)o1)N1CCCCC[C@@H]1c1ccco1. The number of hydrogen-bond acceptors (Lipinski definition) is 4. The normalized spacial score (nSPS) is 18.2. The zero-order chi connectivity index (χ0) is 17.1. The van der Waals surface area contributed by atoms with E-state index in [0.717, 1.165) is 43.7 Å². The second-order valence-electron chi connectivity index (χ2n) is 6.35. The van der Waals surface area contributed by atoms with E-state index < -0.39 is 0 Å². The molecule has 6 nitrogen and oxygen atoms in total. The molecule has 0 unspecified atom stereocenters. The number of carbonyl (C=O) groups excluding carboxylic acids is 1. The molecule has 25 heavy (non-hydrogen) atoms. The Morgan fingerprint density at radius 1 is 1.20 bits per heavy atom. The van der Waals surface area contributed by atoms with Gasteiger partial charge in [-0.2, -0.15) is 5.10 Å². The largest absolute Gasteiger partial charge is 0.467 e. The lowest BCUT2D eigenvalue weighted by Crippen LogP contribution is -2.34. The summed E-state index contributed by atoms with van der Waals surface area (Å²) in [7, 11) is 0. The first kappa shape index (κ1) is 15.7. The van der Waals surface area contributed by atoms with Crippen molar-refractivity contribution in [2.45, 2.75) is 38.3 Å². The molecule has 0 aromatic carbocycles. The van der Waals surface area contributed by atoms with Crippen LogP contribution in [0.25, 0.3) is 0 Å². The fourth-order valence-corrected chi connectivity index (χ4v) is 3.40. The number of carbonyl (C=O) groups is 1. The molecule has 0 spiro atoms. The van der Waals surface area contributed by atoms with E-state index in [1.807, 2.05) is 35.4 Å². The van der Waals surface area contributed by atoms with Gasteiger partial charge in [-0.3, -0.25) is 9.48 Å². The molecule has 0 saturated carbocycles. The van der Waals surface area contributed by atoms with Crippen LogP contribution in [-0.4, -0.2) is 27.1 Å². The van der Waals surface area contributed by atoms with Crippen LogP contribution in [0.5, 0.6) is 0 Å². The Hall–Kier alpha value is -2.76. The maximum Gasteiger partial charge on any atom is 0.290 e. The average molecular weight is 339 g/mol. The van der Waals surface area contributed by atoms with Gasteiger partial charge in [-0.15, -0.1) is 0 Å². The van der Waals surface area contributed by atoms with E-state index in [9.17, 15) is 4.79 Å². The van der Waals surface area contributed by atoms with Crippen LogP contribution in [0.3, 0.4) is 0 Å². The highest BCUT2D eigenvalue weighted by atomic mass is 16.4. The number of nitrogens with zero attached hydrogens (tertiary/aromatic N) is 3. The van der Waals surface area contributed by atoms with E-state index in [4.69, 9.17) is 8.83 Å². The van der Waals surface area contributed by atoms with Crippen molar-refractivity contribution in [2.24, 2.45) is 0 Å². The quantitative estimate of drug-likeness (QED) is 0.724. The first-order valence-corrected chi connectivity index (χ1v) is 8.72. The third kappa shape index (κ3) is 3.38. The lowest BCUT2D eigenvalue weighted by molar-refractivity contribution is 0.0623. The summed E-state index contributed by atoms with van der Waals surface area (Å²) in [5, 5.41) is 4.16. The molecule has 1 saturated heterocycles. The van der Waals surface area contributed by atoms with Crippen molar-refractivity contribution in [3.8, 4) is 0 Å². The van der Waals surface area contributed by atoms with Crippen LogP contribution in [0.1, 0.15) is 53.8 Å². The zero-order valence-corrected chi connectivity index (χ0v) is 14.0. The zero-order valence-electron chi connectivity index (χ0n) is 14.0. The van der Waals surface area contributed by atoms with E-state index in [-0.39, 0.29) is 11.9 Å². The summed E-state index contributed by atoms with van der Waals surface area (Å²) in [6.45, 7) is 1.24. The van der Waals surface area contributed by atoms with Crippen LogP contribution in [0, 0.1) is 0 Å². The van der Waals surface area contributed by atoms with Crippen molar-refractivity contribution in [2.75, 3.05) is 6.54 Å². The smallest absolute Gasteiger partial charge is 0.290 e. The lowest BCUT2D eigenvalue weighted by Gasteiger charge is -2.27. The summed E-state index contributed by atoms with van der Waals surface area (Å²) in [6.07, 6.45) is 9.40. The van der Waals surface area contributed by atoms with Gasteiger partial charge >= 0.3 is 0 Å². The summed E-state index contributed by atoms with van der Waals surface area (Å²) >= 11 is 0. The molecule has 6 heteroatoms. The van der Waals surface area contributed by atoms with Crippen LogP contribution in [0.15, 0.2) is 57.8 Å². The van der Waals surface area contributed by atoms with Crippen molar-refractivity contribution in [1.29, 1.82) is 0 Å². The first-order valence-electron chi connectivity index (χ1n) is 8.72. The third-order valence-corrected chi connectivity index (χ3v) is 4.63. The topological polar surface area (TPSA) is 64.4 Å². The molecule has 0 N–H and O–H groups in total. The minimum Gasteiger partial charge on any atom is -0.467 e. The number of aromatic nitrogens is 2. The van der Waals surface area contributed by atoms with Crippen LogP contribution in [-0.2, 0) is 6.54 Å². The third-order valence-electron chi connectivity index (χ3n) is 4.63. The Morgan fingerprint density at radius 2 is 2.16 bits per heavy atom. The van der Waals surface area contributed by atoms with Gasteiger partial charge in [0, 0.05) is 18.9 Å². The first-order chi connectivity index (χ1) is 12.3. The summed E-state index contributed by atoms with van der Waals surface area (Å²) < 4.78 is 13.1. The standard InChI is InChI=1S/C19H21N3O3/c23-19(18-9-8-15(25-18)14-21-11-5-10-20-21)22-12-3-1-2-6-16(22)17-7-4-13-24-17/h4-5,7-11,13,16H,1-3,6,12,14H2/t16-/m1/s1. The number of furan rings is 2. The Balaban J connectivity index is 1.54. The van der Waals surface area contributed by atoms with Crippen LogP contribution < -0.4 is 0 Å². The molecular formula is C19H21N3O3. The van der Waals surface area contributed by atoms with Gasteiger partial charge in [0.15, 0.2) is 5.76 Å². The Morgan fingerprint density at radius 3 is 2.96 bits per heavy atom. The predicted octanol–water partition coefficient (Wildman–Crippen LogP) is 3.87. The second kappa shape index (κ2) is 7.01. The molecule has 0 aliphatic carbocycles. The Bertz CT molecular complexity index is 805. The van der Waals surface area contributed by atoms with Crippen LogP contribution in [0.4, 0.5) is 0 Å². The van der Waals surface area contributed by atoms with Crippen LogP contribution >= 0.6 is 0 Å². The number of likely N-dealkylation sites (tertiary alicyclic amines) is 1. The Kier molecular flexibility index (Phi) is 4.41. The van der Waals surface area contributed by atoms with E-state index >= 15 is 0 Å². The highest BCUT2D eigenvalue weighted by Crippen LogP contribution is 2.31. The van der Waals surface area contributed by atoms with Crippen molar-refractivity contribution in [3.63, 3.8) is 0 Å². The van der Waals surface area contributed by atoms with E-state index in [1.165, 1.54) is 0 Å². The maximum atomic E-state index is 13.0. The maximum absolute atomic E-state index is 13.0. The number of rotatable bonds is 4. The predicted molar refractivity (Wildman–Crippen MR) is 91.0 cm³/mol.